The van der Waals surface area contributed by atoms with E-state index in [1.54, 1.807) is 17.8 Å². The normalized spacial score (nSPS) is 11.2. The maximum Gasteiger partial charge on any atom is 0.196 e. The third kappa shape index (κ3) is 4.35. The summed E-state index contributed by atoms with van der Waals surface area (Å²) in [7, 11) is 0. The number of aromatic nitrogens is 5. The van der Waals surface area contributed by atoms with E-state index in [1.165, 1.54) is 5.56 Å². The van der Waals surface area contributed by atoms with E-state index in [1.807, 2.05) is 59.2 Å². The molecule has 5 rings (SSSR count). The molecule has 3 heterocycles. The number of ether oxygens (including phenoxy) is 1. The average molecular weight is 462 g/mol. The van der Waals surface area contributed by atoms with Gasteiger partial charge in [0.05, 0.1) is 10.7 Å². The van der Waals surface area contributed by atoms with E-state index in [-0.39, 0.29) is 6.61 Å². The lowest BCUT2D eigenvalue weighted by atomic mass is 10.3. The molecular weight excluding hydrogens is 442 g/mol. The number of aryl methyl sites for hydroxylation is 1. The van der Waals surface area contributed by atoms with Crippen molar-refractivity contribution < 1.29 is 4.74 Å². The zero-order chi connectivity index (χ0) is 21.9. The van der Waals surface area contributed by atoms with Gasteiger partial charge in [-0.05, 0) is 42.8 Å². The monoisotopic (exact) mass is 461 g/mol. The molecule has 5 aromatic rings. The lowest BCUT2D eigenvalue weighted by Crippen LogP contribution is -2.06. The highest BCUT2D eigenvalue weighted by molar-refractivity contribution is 7.98. The molecule has 2 aromatic carbocycles. The van der Waals surface area contributed by atoms with E-state index in [0.717, 1.165) is 22.2 Å². The van der Waals surface area contributed by atoms with Crippen molar-refractivity contribution in [1.82, 2.24) is 24.1 Å². The summed E-state index contributed by atoms with van der Waals surface area (Å²) in [5.74, 6) is 1.99. The van der Waals surface area contributed by atoms with Crippen LogP contribution in [0.1, 0.15) is 17.1 Å². The van der Waals surface area contributed by atoms with Crippen LogP contribution in [0.3, 0.4) is 0 Å². The highest BCUT2D eigenvalue weighted by Gasteiger charge is 2.16. The Balaban J connectivity index is 1.40. The van der Waals surface area contributed by atoms with Crippen LogP contribution in [0.2, 0.25) is 5.02 Å². The Kier molecular flexibility index (Phi) is 5.83. The van der Waals surface area contributed by atoms with Crippen LogP contribution in [0.5, 0.6) is 5.75 Å². The summed E-state index contributed by atoms with van der Waals surface area (Å²) in [4.78, 5) is 4.71. The second kappa shape index (κ2) is 9.06. The Morgan fingerprint density at radius 2 is 1.75 bits per heavy atom. The van der Waals surface area contributed by atoms with Gasteiger partial charge >= 0.3 is 0 Å². The molecule has 0 spiro atoms. The molecule has 32 heavy (non-hydrogen) atoms. The average Bonchev–Trinajstić information content (AvgIpc) is 3.40. The predicted molar refractivity (Wildman–Crippen MR) is 127 cm³/mol. The first-order valence-corrected chi connectivity index (χ1v) is 11.5. The minimum absolute atomic E-state index is 0.250. The van der Waals surface area contributed by atoms with Crippen LogP contribution in [-0.2, 0) is 12.4 Å². The fourth-order valence-corrected chi connectivity index (χ4v) is 4.44. The molecule has 8 heteroatoms. The van der Waals surface area contributed by atoms with Gasteiger partial charge in [0.2, 0.25) is 0 Å². The van der Waals surface area contributed by atoms with E-state index in [2.05, 4.69) is 40.0 Å². The van der Waals surface area contributed by atoms with Crippen molar-refractivity contribution in [3.63, 3.8) is 0 Å². The van der Waals surface area contributed by atoms with Crippen LogP contribution >= 0.6 is 23.4 Å². The highest BCUT2D eigenvalue weighted by Crippen LogP contribution is 2.27. The second-order valence-electron chi connectivity index (χ2n) is 7.28. The van der Waals surface area contributed by atoms with E-state index in [4.69, 9.17) is 21.3 Å². The Labute approximate surface area is 194 Å². The van der Waals surface area contributed by atoms with Crippen LogP contribution in [0.4, 0.5) is 0 Å². The molecule has 0 aliphatic heterocycles. The molecule has 0 bridgehead atoms. The second-order valence-corrected chi connectivity index (χ2v) is 8.63. The summed E-state index contributed by atoms with van der Waals surface area (Å²) in [5.41, 5.74) is 4.09. The number of para-hydroxylation sites is 2. The molecule has 0 saturated carbocycles. The standard InChI is InChI=1S/C24H20ClN5OS/c1-17-11-12-22-26-18(14-29(22)13-17)16-32-24-28-27-23(30(24)19-7-3-2-4-8-19)15-31-21-10-6-5-9-20(21)25/h2-14H,15-16H2,1H3. The maximum atomic E-state index is 6.23. The maximum absolute atomic E-state index is 6.23. The molecule has 0 aliphatic rings. The number of imidazole rings is 1. The molecule has 160 valence electrons. The minimum atomic E-state index is 0.250. The first-order valence-electron chi connectivity index (χ1n) is 10.1. The summed E-state index contributed by atoms with van der Waals surface area (Å²) in [6, 6.07) is 21.5. The van der Waals surface area contributed by atoms with Crippen LogP contribution in [0, 0.1) is 6.92 Å². The van der Waals surface area contributed by atoms with Crippen LogP contribution in [-0.4, -0.2) is 24.1 Å². The number of pyridine rings is 1. The molecule has 0 amide bonds. The predicted octanol–water partition coefficient (Wildman–Crippen LogP) is 5.75. The van der Waals surface area contributed by atoms with E-state index in [9.17, 15) is 0 Å². The van der Waals surface area contributed by atoms with Crippen molar-refractivity contribution in [1.29, 1.82) is 0 Å². The lowest BCUT2D eigenvalue weighted by Gasteiger charge is -2.11. The van der Waals surface area contributed by atoms with Crippen molar-refractivity contribution in [2.75, 3.05) is 0 Å². The van der Waals surface area contributed by atoms with Crippen molar-refractivity contribution in [2.45, 2.75) is 24.4 Å². The van der Waals surface area contributed by atoms with Gasteiger partial charge in [-0.15, -0.1) is 10.2 Å². The van der Waals surface area contributed by atoms with Crippen molar-refractivity contribution in [3.8, 4) is 11.4 Å². The van der Waals surface area contributed by atoms with Crippen LogP contribution in [0.25, 0.3) is 11.3 Å². The van der Waals surface area contributed by atoms with Gasteiger partial charge in [-0.3, -0.25) is 4.57 Å². The minimum Gasteiger partial charge on any atom is -0.484 e. The molecule has 0 unspecified atom stereocenters. The topological polar surface area (TPSA) is 57.2 Å². The number of rotatable bonds is 7. The van der Waals surface area contributed by atoms with Gasteiger partial charge in [0, 0.05) is 23.8 Å². The first-order chi connectivity index (χ1) is 15.7. The van der Waals surface area contributed by atoms with Crippen molar-refractivity contribution in [3.05, 3.63) is 101 Å². The number of nitrogens with zero attached hydrogens (tertiary/aromatic N) is 5. The fraction of sp³-hybridized carbons (Fsp3) is 0.125. The molecular formula is C24H20ClN5OS. The number of thioether (sulfide) groups is 1. The molecule has 6 nitrogen and oxygen atoms in total. The van der Waals surface area contributed by atoms with Gasteiger partial charge in [0.15, 0.2) is 11.0 Å². The van der Waals surface area contributed by atoms with Gasteiger partial charge in [-0.2, -0.15) is 0 Å². The van der Waals surface area contributed by atoms with E-state index >= 15 is 0 Å². The third-order valence-electron chi connectivity index (χ3n) is 4.91. The van der Waals surface area contributed by atoms with Gasteiger partial charge in [0.25, 0.3) is 0 Å². The first kappa shape index (κ1) is 20.6. The van der Waals surface area contributed by atoms with Gasteiger partial charge < -0.3 is 9.14 Å². The number of fused-ring (bicyclic) bond motifs is 1. The van der Waals surface area contributed by atoms with Gasteiger partial charge in [0.1, 0.15) is 18.0 Å². The van der Waals surface area contributed by atoms with Crippen molar-refractivity contribution >= 4 is 29.0 Å². The van der Waals surface area contributed by atoms with Crippen LogP contribution < -0.4 is 4.74 Å². The Hall–Kier alpha value is -3.29. The highest BCUT2D eigenvalue weighted by atomic mass is 35.5. The summed E-state index contributed by atoms with van der Waals surface area (Å²) < 4.78 is 10.00. The zero-order valence-electron chi connectivity index (χ0n) is 17.4. The van der Waals surface area contributed by atoms with Gasteiger partial charge in [-0.1, -0.05) is 59.8 Å². The molecule has 0 atom stereocenters. The third-order valence-corrected chi connectivity index (χ3v) is 6.18. The summed E-state index contributed by atoms with van der Waals surface area (Å²) in [5, 5.41) is 10.2. The summed E-state index contributed by atoms with van der Waals surface area (Å²) in [6.45, 7) is 2.32. The number of benzene rings is 2. The Bertz CT molecular complexity index is 1370. The number of hydrogen-bond acceptors (Lipinski definition) is 5. The Morgan fingerprint density at radius 1 is 0.938 bits per heavy atom. The molecule has 0 N–H and O–H groups in total. The fourth-order valence-electron chi connectivity index (χ4n) is 3.39. The SMILES string of the molecule is Cc1ccc2nc(CSc3nnc(COc4ccccc4Cl)n3-c3ccccc3)cn2c1. The molecule has 0 fully saturated rings. The molecule has 0 radical (unpaired) electrons. The van der Waals surface area contributed by atoms with Gasteiger partial charge in [-0.25, -0.2) is 4.98 Å². The zero-order valence-corrected chi connectivity index (χ0v) is 18.9. The Morgan fingerprint density at radius 3 is 2.59 bits per heavy atom. The lowest BCUT2D eigenvalue weighted by molar-refractivity contribution is 0.293. The van der Waals surface area contributed by atoms with E-state index < -0.39 is 0 Å². The van der Waals surface area contributed by atoms with Crippen molar-refractivity contribution in [2.24, 2.45) is 0 Å². The molecule has 0 aliphatic carbocycles. The number of hydrogen-bond donors (Lipinski definition) is 0. The molecule has 3 aromatic heterocycles. The summed E-state index contributed by atoms with van der Waals surface area (Å²) >= 11 is 7.82. The quantitative estimate of drug-likeness (QED) is 0.289. The van der Waals surface area contributed by atoms with Crippen LogP contribution in [0.15, 0.2) is 84.3 Å². The smallest absolute Gasteiger partial charge is 0.196 e. The largest absolute Gasteiger partial charge is 0.484 e. The summed E-state index contributed by atoms with van der Waals surface area (Å²) in [6.07, 6.45) is 4.13. The van der Waals surface area contributed by atoms with E-state index in [0.29, 0.717) is 22.3 Å². The number of halogens is 1. The molecule has 0 saturated heterocycles.